The standard InChI is InChI=1S/C25H25Cl2F2N3O2/c1-2-32-15-19(14-30-32)16-4-3-5-17(12-16)22(24(34)8-10-25(28,29)11-9-24)31-23(33)18-6-7-20(26)21(27)13-18/h3-7,12-15,22,34H,2,8-11H2,1H3,(H,31,33). The summed E-state index contributed by atoms with van der Waals surface area (Å²) in [6, 6.07) is 10.9. The van der Waals surface area contributed by atoms with Gasteiger partial charge in [0.1, 0.15) is 0 Å². The molecule has 9 heteroatoms. The van der Waals surface area contributed by atoms with Gasteiger partial charge in [-0.3, -0.25) is 9.48 Å². The number of amides is 1. The van der Waals surface area contributed by atoms with E-state index in [1.54, 1.807) is 16.9 Å². The Kier molecular flexibility index (Phi) is 6.99. The lowest BCUT2D eigenvalue weighted by molar-refractivity contribution is -0.116. The largest absolute Gasteiger partial charge is 0.387 e. The van der Waals surface area contributed by atoms with Gasteiger partial charge in [0.15, 0.2) is 0 Å². The molecular weight excluding hydrogens is 483 g/mol. The molecule has 3 aromatic rings. The summed E-state index contributed by atoms with van der Waals surface area (Å²) < 4.78 is 29.6. The number of alkyl halides is 2. The molecule has 34 heavy (non-hydrogen) atoms. The zero-order valence-electron chi connectivity index (χ0n) is 18.6. The molecule has 0 saturated heterocycles. The number of carbonyl (C=O) groups excluding carboxylic acids is 1. The molecule has 2 aromatic carbocycles. The first-order valence-electron chi connectivity index (χ1n) is 11.1. The van der Waals surface area contributed by atoms with Crippen molar-refractivity contribution in [1.29, 1.82) is 0 Å². The minimum atomic E-state index is -2.83. The lowest BCUT2D eigenvalue weighted by atomic mass is 9.75. The van der Waals surface area contributed by atoms with Gasteiger partial charge in [-0.05, 0) is 55.2 Å². The zero-order chi connectivity index (χ0) is 24.5. The molecule has 0 aliphatic heterocycles. The normalized spacial score (nSPS) is 17.8. The number of halogens is 4. The maximum Gasteiger partial charge on any atom is 0.251 e. The Bertz CT molecular complexity index is 1190. The molecule has 1 aliphatic rings. The topological polar surface area (TPSA) is 67.2 Å². The first-order valence-corrected chi connectivity index (χ1v) is 11.8. The van der Waals surface area contributed by atoms with E-state index in [1.165, 1.54) is 18.2 Å². The lowest BCUT2D eigenvalue weighted by Crippen LogP contribution is -2.50. The molecule has 1 saturated carbocycles. The van der Waals surface area contributed by atoms with Crippen molar-refractivity contribution in [2.45, 2.75) is 56.7 Å². The highest BCUT2D eigenvalue weighted by atomic mass is 35.5. The molecule has 1 heterocycles. The summed E-state index contributed by atoms with van der Waals surface area (Å²) in [5.74, 6) is -3.32. The molecular formula is C25H25Cl2F2N3O2. The lowest BCUT2D eigenvalue weighted by Gasteiger charge is -2.42. The van der Waals surface area contributed by atoms with Gasteiger partial charge in [0.2, 0.25) is 5.92 Å². The molecule has 180 valence electrons. The molecule has 1 unspecified atom stereocenters. The first kappa shape index (κ1) is 24.6. The number of aromatic nitrogens is 2. The fourth-order valence-electron chi connectivity index (χ4n) is 4.30. The number of benzene rings is 2. The van der Waals surface area contributed by atoms with Crippen LogP contribution in [0.1, 0.15) is 54.6 Å². The SMILES string of the molecule is CCn1cc(-c2cccc(C(NC(=O)c3ccc(Cl)c(Cl)c3)C3(O)CCC(F)(F)CC3)c2)cn1. The summed E-state index contributed by atoms with van der Waals surface area (Å²) in [5.41, 5.74) is 1.04. The summed E-state index contributed by atoms with van der Waals surface area (Å²) in [4.78, 5) is 13.1. The Morgan fingerprint density at radius 1 is 1.12 bits per heavy atom. The van der Waals surface area contributed by atoms with E-state index >= 15 is 0 Å². The summed E-state index contributed by atoms with van der Waals surface area (Å²) in [6.07, 6.45) is 2.44. The van der Waals surface area contributed by atoms with Gasteiger partial charge < -0.3 is 10.4 Å². The van der Waals surface area contributed by atoms with E-state index in [0.29, 0.717) is 10.6 Å². The third kappa shape index (κ3) is 5.27. The van der Waals surface area contributed by atoms with Crippen LogP contribution in [0.15, 0.2) is 54.9 Å². The van der Waals surface area contributed by atoms with Gasteiger partial charge in [-0.2, -0.15) is 5.10 Å². The highest BCUT2D eigenvalue weighted by molar-refractivity contribution is 6.42. The molecule has 1 aromatic heterocycles. The predicted molar refractivity (Wildman–Crippen MR) is 128 cm³/mol. The molecule has 1 fully saturated rings. The first-order chi connectivity index (χ1) is 16.1. The van der Waals surface area contributed by atoms with Gasteiger partial charge >= 0.3 is 0 Å². The molecule has 5 nitrogen and oxygen atoms in total. The van der Waals surface area contributed by atoms with E-state index in [4.69, 9.17) is 23.2 Å². The van der Waals surface area contributed by atoms with Gasteiger partial charge in [-0.25, -0.2) is 8.78 Å². The van der Waals surface area contributed by atoms with Crippen LogP contribution in [-0.4, -0.2) is 32.3 Å². The predicted octanol–water partition coefficient (Wildman–Crippen LogP) is 6.29. The van der Waals surface area contributed by atoms with Crippen LogP contribution in [0.25, 0.3) is 11.1 Å². The monoisotopic (exact) mass is 507 g/mol. The maximum atomic E-state index is 13.9. The fourth-order valence-corrected chi connectivity index (χ4v) is 4.60. The number of aliphatic hydroxyl groups is 1. The summed E-state index contributed by atoms with van der Waals surface area (Å²) in [6.45, 7) is 2.70. The van der Waals surface area contributed by atoms with E-state index in [2.05, 4.69) is 10.4 Å². The van der Waals surface area contributed by atoms with Gasteiger partial charge in [-0.1, -0.05) is 41.4 Å². The van der Waals surface area contributed by atoms with Crippen LogP contribution < -0.4 is 5.32 Å². The van der Waals surface area contributed by atoms with Crippen molar-refractivity contribution < 1.29 is 18.7 Å². The summed E-state index contributed by atoms with van der Waals surface area (Å²) in [5, 5.41) is 19.2. The minimum Gasteiger partial charge on any atom is -0.387 e. The van der Waals surface area contributed by atoms with Crippen molar-refractivity contribution in [2.24, 2.45) is 0 Å². The summed E-state index contributed by atoms with van der Waals surface area (Å²) >= 11 is 12.0. The number of nitrogens with one attached hydrogen (secondary N) is 1. The van der Waals surface area contributed by atoms with E-state index < -0.39 is 36.3 Å². The van der Waals surface area contributed by atoms with Crippen LogP contribution in [0, 0.1) is 0 Å². The van der Waals surface area contributed by atoms with Crippen LogP contribution in [0.4, 0.5) is 8.78 Å². The van der Waals surface area contributed by atoms with Crippen molar-refractivity contribution in [3.8, 4) is 11.1 Å². The molecule has 1 aliphatic carbocycles. The summed E-state index contributed by atoms with van der Waals surface area (Å²) in [7, 11) is 0. The Labute approximate surface area is 206 Å². The highest BCUT2D eigenvalue weighted by Crippen LogP contribution is 2.45. The average molecular weight is 508 g/mol. The van der Waals surface area contributed by atoms with Crippen LogP contribution in [-0.2, 0) is 6.54 Å². The molecule has 4 rings (SSSR count). The molecule has 0 bridgehead atoms. The number of rotatable bonds is 6. The fraction of sp³-hybridized carbons (Fsp3) is 0.360. The van der Waals surface area contributed by atoms with Crippen molar-refractivity contribution >= 4 is 29.1 Å². The van der Waals surface area contributed by atoms with E-state index in [0.717, 1.165) is 17.7 Å². The third-order valence-corrected chi connectivity index (χ3v) is 7.09. The van der Waals surface area contributed by atoms with Gasteiger partial charge in [0.05, 0.1) is 27.9 Å². The zero-order valence-corrected chi connectivity index (χ0v) is 20.1. The number of nitrogens with zero attached hydrogens (tertiary/aromatic N) is 2. The highest BCUT2D eigenvalue weighted by Gasteiger charge is 2.47. The third-order valence-electron chi connectivity index (χ3n) is 6.35. The molecule has 0 radical (unpaired) electrons. The van der Waals surface area contributed by atoms with Crippen molar-refractivity contribution in [1.82, 2.24) is 15.1 Å². The second kappa shape index (κ2) is 9.64. The Morgan fingerprint density at radius 3 is 2.50 bits per heavy atom. The van der Waals surface area contributed by atoms with Crippen molar-refractivity contribution in [3.05, 3.63) is 76.0 Å². The molecule has 0 spiro atoms. The molecule has 2 N–H and O–H groups in total. The second-order valence-electron chi connectivity index (χ2n) is 8.71. The van der Waals surface area contributed by atoms with E-state index in [-0.39, 0.29) is 23.4 Å². The van der Waals surface area contributed by atoms with Crippen LogP contribution in [0.2, 0.25) is 10.0 Å². The molecule has 1 amide bonds. The molecule has 1 atom stereocenters. The Hall–Kier alpha value is -2.48. The van der Waals surface area contributed by atoms with Crippen molar-refractivity contribution in [3.63, 3.8) is 0 Å². The second-order valence-corrected chi connectivity index (χ2v) is 9.52. The van der Waals surface area contributed by atoms with Crippen LogP contribution in [0.5, 0.6) is 0 Å². The van der Waals surface area contributed by atoms with Crippen LogP contribution >= 0.6 is 23.2 Å². The van der Waals surface area contributed by atoms with E-state index in [1.807, 2.05) is 31.3 Å². The minimum absolute atomic E-state index is 0.148. The number of hydrogen-bond acceptors (Lipinski definition) is 3. The van der Waals surface area contributed by atoms with Crippen molar-refractivity contribution in [2.75, 3.05) is 0 Å². The van der Waals surface area contributed by atoms with Gasteiger partial charge in [-0.15, -0.1) is 0 Å². The Balaban J connectivity index is 1.70. The number of carbonyl (C=O) groups is 1. The number of aryl methyl sites for hydroxylation is 1. The quantitative estimate of drug-likeness (QED) is 0.412. The van der Waals surface area contributed by atoms with E-state index in [9.17, 15) is 18.7 Å². The maximum absolute atomic E-state index is 13.9. The Morgan fingerprint density at radius 2 is 1.85 bits per heavy atom. The number of hydrogen-bond donors (Lipinski definition) is 2. The van der Waals surface area contributed by atoms with Gasteiger partial charge in [0.25, 0.3) is 5.91 Å². The van der Waals surface area contributed by atoms with Crippen LogP contribution in [0.3, 0.4) is 0 Å². The van der Waals surface area contributed by atoms with Gasteiger partial charge in [0, 0.05) is 36.7 Å². The smallest absolute Gasteiger partial charge is 0.251 e. The average Bonchev–Trinajstić information content (AvgIpc) is 3.31.